The Bertz CT molecular complexity index is 909. The summed E-state index contributed by atoms with van der Waals surface area (Å²) < 4.78 is 0. The standard InChI is InChI=1S/C19H20N6O3/c1-13(19(26)23-15-4-2-3-14(9-15)10-20)24-8-7-16(12-24)22-18-6-5-17(11-21-18)25(27)28/h2-6,9,11,13,16H,7-8,12H2,1H3,(H,21,22)(H,23,26). The summed E-state index contributed by atoms with van der Waals surface area (Å²) in [4.78, 5) is 28.9. The van der Waals surface area contributed by atoms with E-state index in [0.29, 0.717) is 23.6 Å². The topological polar surface area (TPSA) is 124 Å². The lowest BCUT2D eigenvalue weighted by Crippen LogP contribution is -2.41. The van der Waals surface area contributed by atoms with Crippen molar-refractivity contribution in [1.82, 2.24) is 9.88 Å². The number of likely N-dealkylation sites (tertiary alicyclic amines) is 1. The first kappa shape index (κ1) is 19.3. The molecule has 2 unspecified atom stereocenters. The molecule has 28 heavy (non-hydrogen) atoms. The SMILES string of the molecule is CC(C(=O)Nc1cccc(C#N)c1)N1CCC(Nc2ccc([N+](=O)[O-])cn2)C1. The van der Waals surface area contributed by atoms with Crippen molar-refractivity contribution >= 4 is 23.1 Å². The summed E-state index contributed by atoms with van der Waals surface area (Å²) in [6.45, 7) is 3.25. The fourth-order valence-corrected chi connectivity index (χ4v) is 3.12. The maximum Gasteiger partial charge on any atom is 0.287 e. The maximum absolute atomic E-state index is 12.5. The zero-order valence-electron chi connectivity index (χ0n) is 15.3. The molecule has 0 radical (unpaired) electrons. The number of rotatable bonds is 6. The summed E-state index contributed by atoms with van der Waals surface area (Å²) >= 11 is 0. The summed E-state index contributed by atoms with van der Waals surface area (Å²) in [7, 11) is 0. The zero-order chi connectivity index (χ0) is 20.1. The number of aromatic nitrogens is 1. The molecule has 1 saturated heterocycles. The molecular weight excluding hydrogens is 360 g/mol. The van der Waals surface area contributed by atoms with E-state index in [1.165, 1.54) is 12.3 Å². The van der Waals surface area contributed by atoms with Gasteiger partial charge < -0.3 is 10.6 Å². The van der Waals surface area contributed by atoms with Gasteiger partial charge in [-0.1, -0.05) is 6.07 Å². The van der Waals surface area contributed by atoms with Crippen molar-refractivity contribution in [2.24, 2.45) is 0 Å². The summed E-state index contributed by atoms with van der Waals surface area (Å²) in [6.07, 6.45) is 2.06. The van der Waals surface area contributed by atoms with E-state index in [9.17, 15) is 14.9 Å². The Balaban J connectivity index is 1.54. The average molecular weight is 380 g/mol. The molecule has 1 fully saturated rings. The van der Waals surface area contributed by atoms with E-state index in [1.807, 2.05) is 6.92 Å². The van der Waals surface area contributed by atoms with Crippen molar-refractivity contribution in [1.29, 1.82) is 5.26 Å². The molecule has 2 N–H and O–H groups in total. The van der Waals surface area contributed by atoms with Gasteiger partial charge in [-0.2, -0.15) is 5.26 Å². The van der Waals surface area contributed by atoms with Crippen molar-refractivity contribution in [2.45, 2.75) is 25.4 Å². The first-order chi connectivity index (χ1) is 13.5. The van der Waals surface area contributed by atoms with E-state index in [1.54, 1.807) is 30.3 Å². The molecule has 2 heterocycles. The summed E-state index contributed by atoms with van der Waals surface area (Å²) in [5.41, 5.74) is 1.04. The summed E-state index contributed by atoms with van der Waals surface area (Å²) in [6, 6.07) is 11.6. The minimum absolute atomic E-state index is 0.0515. The number of pyridine rings is 1. The fraction of sp³-hybridized carbons (Fsp3) is 0.316. The highest BCUT2D eigenvalue weighted by Gasteiger charge is 2.29. The highest BCUT2D eigenvalue weighted by molar-refractivity contribution is 5.94. The van der Waals surface area contributed by atoms with Gasteiger partial charge in [0.15, 0.2) is 0 Å². The van der Waals surface area contributed by atoms with Crippen LogP contribution in [0.3, 0.4) is 0 Å². The molecule has 1 amide bonds. The highest BCUT2D eigenvalue weighted by atomic mass is 16.6. The van der Waals surface area contributed by atoms with Gasteiger partial charge in [0.2, 0.25) is 5.91 Å². The van der Waals surface area contributed by atoms with Crippen LogP contribution in [0.5, 0.6) is 0 Å². The molecule has 9 nitrogen and oxygen atoms in total. The van der Waals surface area contributed by atoms with Gasteiger partial charge in [-0.25, -0.2) is 4.98 Å². The van der Waals surface area contributed by atoms with Gasteiger partial charge in [0.1, 0.15) is 12.0 Å². The Hall–Kier alpha value is -3.51. The minimum Gasteiger partial charge on any atom is -0.366 e. The Labute approximate surface area is 162 Å². The lowest BCUT2D eigenvalue weighted by molar-refractivity contribution is -0.385. The molecule has 0 bridgehead atoms. The quantitative estimate of drug-likeness (QED) is 0.582. The zero-order valence-corrected chi connectivity index (χ0v) is 15.3. The molecule has 1 aliphatic heterocycles. The molecule has 0 spiro atoms. The van der Waals surface area contributed by atoms with Crippen molar-refractivity contribution < 1.29 is 9.72 Å². The number of carbonyl (C=O) groups excluding carboxylic acids is 1. The number of nitrogens with zero attached hydrogens (tertiary/aromatic N) is 4. The molecule has 1 aromatic carbocycles. The number of nitriles is 1. The van der Waals surface area contributed by atoms with Crippen LogP contribution in [0.4, 0.5) is 17.2 Å². The van der Waals surface area contributed by atoms with Crippen LogP contribution in [-0.4, -0.2) is 45.9 Å². The fourth-order valence-electron chi connectivity index (χ4n) is 3.12. The van der Waals surface area contributed by atoms with Gasteiger partial charge in [-0.15, -0.1) is 0 Å². The van der Waals surface area contributed by atoms with Crippen LogP contribution >= 0.6 is 0 Å². The van der Waals surface area contributed by atoms with Gasteiger partial charge >= 0.3 is 0 Å². The molecule has 144 valence electrons. The number of amides is 1. The molecule has 1 aliphatic rings. The van der Waals surface area contributed by atoms with Crippen molar-refractivity contribution in [3.63, 3.8) is 0 Å². The molecule has 3 rings (SSSR count). The largest absolute Gasteiger partial charge is 0.366 e. The van der Waals surface area contributed by atoms with E-state index in [2.05, 4.69) is 26.6 Å². The summed E-state index contributed by atoms with van der Waals surface area (Å²) in [5.74, 6) is 0.437. The van der Waals surface area contributed by atoms with E-state index >= 15 is 0 Å². The van der Waals surface area contributed by atoms with Gasteiger partial charge in [-0.3, -0.25) is 19.8 Å². The maximum atomic E-state index is 12.5. The smallest absolute Gasteiger partial charge is 0.287 e. The molecule has 1 aromatic heterocycles. The monoisotopic (exact) mass is 380 g/mol. The minimum atomic E-state index is -0.485. The van der Waals surface area contributed by atoms with Crippen LogP contribution in [0.2, 0.25) is 0 Å². The number of carbonyl (C=O) groups is 1. The van der Waals surface area contributed by atoms with Gasteiger partial charge in [-0.05, 0) is 37.6 Å². The van der Waals surface area contributed by atoms with E-state index in [-0.39, 0.29) is 23.7 Å². The normalized spacial score (nSPS) is 17.5. The first-order valence-corrected chi connectivity index (χ1v) is 8.88. The summed E-state index contributed by atoms with van der Waals surface area (Å²) in [5, 5.41) is 25.7. The van der Waals surface area contributed by atoms with Crippen LogP contribution in [0, 0.1) is 21.4 Å². The van der Waals surface area contributed by atoms with Crippen LogP contribution < -0.4 is 10.6 Å². The second kappa shape index (κ2) is 8.45. The van der Waals surface area contributed by atoms with Gasteiger partial charge in [0.25, 0.3) is 5.69 Å². The lowest BCUT2D eigenvalue weighted by atomic mass is 10.2. The van der Waals surface area contributed by atoms with Crippen molar-refractivity contribution in [2.75, 3.05) is 23.7 Å². The number of hydrogen-bond donors (Lipinski definition) is 2. The molecule has 0 aliphatic carbocycles. The van der Waals surface area contributed by atoms with Crippen LogP contribution in [0.25, 0.3) is 0 Å². The van der Waals surface area contributed by atoms with E-state index in [4.69, 9.17) is 5.26 Å². The molecule has 2 atom stereocenters. The number of nitrogens with one attached hydrogen (secondary N) is 2. The Morgan fingerprint density at radius 1 is 1.43 bits per heavy atom. The lowest BCUT2D eigenvalue weighted by Gasteiger charge is -2.23. The van der Waals surface area contributed by atoms with E-state index < -0.39 is 4.92 Å². The second-order valence-electron chi connectivity index (χ2n) is 6.64. The number of benzene rings is 1. The third kappa shape index (κ3) is 4.61. The Kier molecular flexibility index (Phi) is 5.81. The van der Waals surface area contributed by atoms with Crippen LogP contribution in [-0.2, 0) is 4.79 Å². The second-order valence-corrected chi connectivity index (χ2v) is 6.64. The predicted octanol–water partition coefficient (Wildman–Crippen LogP) is 2.37. The van der Waals surface area contributed by atoms with E-state index in [0.717, 1.165) is 13.0 Å². The molecule has 0 saturated carbocycles. The van der Waals surface area contributed by atoms with Gasteiger partial charge in [0, 0.05) is 30.9 Å². The number of nitro groups is 1. The molecule has 2 aromatic rings. The first-order valence-electron chi connectivity index (χ1n) is 8.88. The molecule has 9 heteroatoms. The van der Waals surface area contributed by atoms with Crippen molar-refractivity contribution in [3.05, 3.63) is 58.3 Å². The van der Waals surface area contributed by atoms with Crippen LogP contribution in [0.15, 0.2) is 42.6 Å². The van der Waals surface area contributed by atoms with Crippen LogP contribution in [0.1, 0.15) is 18.9 Å². The Morgan fingerprint density at radius 3 is 2.93 bits per heavy atom. The third-order valence-corrected chi connectivity index (χ3v) is 4.72. The van der Waals surface area contributed by atoms with Crippen molar-refractivity contribution in [3.8, 4) is 6.07 Å². The predicted molar refractivity (Wildman–Crippen MR) is 104 cm³/mol. The number of hydrogen-bond acceptors (Lipinski definition) is 7. The highest BCUT2D eigenvalue weighted by Crippen LogP contribution is 2.19. The molecular formula is C19H20N6O3. The average Bonchev–Trinajstić information content (AvgIpc) is 3.16. The third-order valence-electron chi connectivity index (χ3n) is 4.72. The number of anilines is 2. The Morgan fingerprint density at radius 2 is 2.25 bits per heavy atom. The van der Waals surface area contributed by atoms with Gasteiger partial charge in [0.05, 0.1) is 22.6 Å².